The number of amides is 1. The van der Waals surface area contributed by atoms with Crippen molar-refractivity contribution >= 4 is 40.2 Å². The molecule has 0 bridgehead atoms. The number of rotatable bonds is 7. The zero-order valence-electron chi connectivity index (χ0n) is 12.1. The number of aliphatic carboxylic acids is 1. The quantitative estimate of drug-likeness (QED) is 0.337. The number of carboxylic acid groups (broad SMARTS) is 1. The Morgan fingerprint density at radius 2 is 2.19 bits per heavy atom. The van der Waals surface area contributed by atoms with Crippen LogP contribution >= 0.6 is 24.0 Å². The van der Waals surface area contributed by atoms with Crippen LogP contribution in [0.25, 0.3) is 0 Å². The summed E-state index contributed by atoms with van der Waals surface area (Å²) >= 11 is 6.37. The van der Waals surface area contributed by atoms with Gasteiger partial charge >= 0.3 is 5.97 Å². The molecule has 0 atom stereocenters. The van der Waals surface area contributed by atoms with Crippen molar-refractivity contribution in [2.45, 2.75) is 45.4 Å². The van der Waals surface area contributed by atoms with Crippen molar-refractivity contribution in [3.05, 3.63) is 11.0 Å². The third-order valence-electron chi connectivity index (χ3n) is 2.86. The molecule has 1 rings (SSSR count). The van der Waals surface area contributed by atoms with E-state index in [4.69, 9.17) is 17.3 Å². The highest BCUT2D eigenvalue weighted by molar-refractivity contribution is 8.26. The first-order valence-corrected chi connectivity index (χ1v) is 8.22. The second-order valence-corrected chi connectivity index (χ2v) is 6.28. The predicted octanol–water partition coefficient (Wildman–Crippen LogP) is 3.18. The zero-order chi connectivity index (χ0) is 15.7. The molecule has 0 aliphatic carbocycles. The fourth-order valence-corrected chi connectivity index (χ4v) is 2.96. The summed E-state index contributed by atoms with van der Waals surface area (Å²) in [6, 6.07) is 0. The number of hydrogen-bond acceptors (Lipinski definition) is 4. The average Bonchev–Trinajstić information content (AvgIpc) is 2.70. The van der Waals surface area contributed by atoms with Gasteiger partial charge in [-0.25, -0.2) is 0 Å². The van der Waals surface area contributed by atoms with Gasteiger partial charge in [0.2, 0.25) is 0 Å². The lowest BCUT2D eigenvalue weighted by molar-refractivity contribution is -0.137. The van der Waals surface area contributed by atoms with Crippen molar-refractivity contribution in [2.24, 2.45) is 0 Å². The summed E-state index contributed by atoms with van der Waals surface area (Å²) < 4.78 is 0.476. The molecule has 1 amide bonds. The van der Waals surface area contributed by atoms with Gasteiger partial charge < -0.3 is 5.11 Å². The van der Waals surface area contributed by atoms with Crippen molar-refractivity contribution in [3.63, 3.8) is 0 Å². The fraction of sp³-hybridized carbons (Fsp3) is 0.533. The van der Waals surface area contributed by atoms with Crippen LogP contribution in [0.15, 0.2) is 11.0 Å². The Bertz CT molecular complexity index is 503. The molecule has 1 aliphatic rings. The molecule has 0 aromatic rings. The Balaban J connectivity index is 2.49. The van der Waals surface area contributed by atoms with E-state index in [1.807, 2.05) is 0 Å². The largest absolute Gasteiger partial charge is 0.481 e. The van der Waals surface area contributed by atoms with E-state index < -0.39 is 5.97 Å². The number of carbonyl (C=O) groups is 2. The summed E-state index contributed by atoms with van der Waals surface area (Å²) in [4.78, 5) is 24.5. The van der Waals surface area contributed by atoms with Gasteiger partial charge in [0.05, 0.1) is 4.91 Å². The van der Waals surface area contributed by atoms with Crippen LogP contribution in [-0.2, 0) is 9.59 Å². The van der Waals surface area contributed by atoms with Crippen molar-refractivity contribution in [1.29, 1.82) is 0 Å². The van der Waals surface area contributed by atoms with E-state index in [0.29, 0.717) is 22.2 Å². The van der Waals surface area contributed by atoms with Gasteiger partial charge in [0.25, 0.3) is 5.91 Å². The molecule has 0 aromatic carbocycles. The summed E-state index contributed by atoms with van der Waals surface area (Å²) in [6.45, 7) is 2.49. The number of hydrogen-bond donors (Lipinski definition) is 1. The molecule has 0 radical (unpaired) electrons. The van der Waals surface area contributed by atoms with E-state index in [9.17, 15) is 9.59 Å². The van der Waals surface area contributed by atoms with Gasteiger partial charge in [0, 0.05) is 25.5 Å². The van der Waals surface area contributed by atoms with Crippen LogP contribution in [0.2, 0.25) is 0 Å². The van der Waals surface area contributed by atoms with Crippen LogP contribution in [0.3, 0.4) is 0 Å². The number of allylic oxidation sites excluding steroid dienone is 1. The van der Waals surface area contributed by atoms with Crippen LogP contribution in [-0.4, -0.2) is 32.7 Å². The van der Waals surface area contributed by atoms with Gasteiger partial charge in [-0.15, -0.1) is 0 Å². The molecule has 114 valence electrons. The van der Waals surface area contributed by atoms with Crippen LogP contribution in [0, 0.1) is 11.8 Å². The molecular formula is C15H19NO3S2. The minimum Gasteiger partial charge on any atom is -0.481 e. The number of carboxylic acids is 1. The molecule has 6 heteroatoms. The lowest BCUT2D eigenvalue weighted by Crippen LogP contribution is -2.29. The third-order valence-corrected chi connectivity index (χ3v) is 4.23. The topological polar surface area (TPSA) is 57.6 Å². The summed E-state index contributed by atoms with van der Waals surface area (Å²) in [5.74, 6) is 4.89. The highest BCUT2D eigenvalue weighted by atomic mass is 32.2. The molecule has 0 saturated carbocycles. The van der Waals surface area contributed by atoms with Crippen LogP contribution in [0.5, 0.6) is 0 Å². The smallest absolute Gasteiger partial charge is 0.303 e. The molecule has 4 nitrogen and oxygen atoms in total. The van der Waals surface area contributed by atoms with E-state index in [1.165, 1.54) is 23.1 Å². The maximum absolute atomic E-state index is 12.1. The molecule has 0 spiro atoms. The fourth-order valence-electron chi connectivity index (χ4n) is 1.73. The number of thiocarbonyl (C=S) groups is 1. The Kier molecular flexibility index (Phi) is 8.09. The van der Waals surface area contributed by atoms with Crippen molar-refractivity contribution in [1.82, 2.24) is 4.90 Å². The van der Waals surface area contributed by atoms with Gasteiger partial charge in [0.15, 0.2) is 0 Å². The summed E-state index contributed by atoms with van der Waals surface area (Å²) in [5, 5.41) is 8.60. The molecule has 1 saturated heterocycles. The van der Waals surface area contributed by atoms with E-state index >= 15 is 0 Å². The minimum atomic E-state index is -0.867. The van der Waals surface area contributed by atoms with Crippen LogP contribution in [0.1, 0.15) is 45.4 Å². The maximum atomic E-state index is 12.1. The highest BCUT2D eigenvalue weighted by Gasteiger charge is 2.31. The zero-order valence-corrected chi connectivity index (χ0v) is 13.7. The van der Waals surface area contributed by atoms with Crippen molar-refractivity contribution in [3.8, 4) is 11.8 Å². The van der Waals surface area contributed by atoms with Gasteiger partial charge in [-0.2, -0.15) is 0 Å². The SMILES string of the molecule is CCCCCC#CC=C1SC(=S)N(CCCC(=O)O)C1=O. The van der Waals surface area contributed by atoms with Crippen molar-refractivity contribution < 1.29 is 14.7 Å². The van der Waals surface area contributed by atoms with Crippen molar-refractivity contribution in [2.75, 3.05) is 6.54 Å². The second kappa shape index (κ2) is 9.59. The van der Waals surface area contributed by atoms with E-state index in [2.05, 4.69) is 18.8 Å². The minimum absolute atomic E-state index is 0.0351. The van der Waals surface area contributed by atoms with Gasteiger partial charge in [0.1, 0.15) is 4.32 Å². The van der Waals surface area contributed by atoms with E-state index in [1.54, 1.807) is 6.08 Å². The second-order valence-electron chi connectivity index (χ2n) is 4.61. The Hall–Kier alpha value is -1.32. The first-order valence-electron chi connectivity index (χ1n) is 7.00. The first-order chi connectivity index (χ1) is 10.1. The standard InChI is InChI=1S/C15H19NO3S2/c1-2-3-4-5-6-7-9-12-14(19)16(15(20)21-12)11-8-10-13(17)18/h9H,2-5,8,10-11H2,1H3,(H,17,18). The lowest BCUT2D eigenvalue weighted by atomic mass is 10.2. The monoisotopic (exact) mass is 325 g/mol. The van der Waals surface area contributed by atoms with Crippen LogP contribution < -0.4 is 0 Å². The Morgan fingerprint density at radius 3 is 2.86 bits per heavy atom. The molecule has 1 aliphatic heterocycles. The molecule has 1 heterocycles. The van der Waals surface area contributed by atoms with Gasteiger partial charge in [-0.05, 0) is 12.8 Å². The molecule has 1 N–H and O–H groups in total. The number of nitrogens with zero attached hydrogens (tertiary/aromatic N) is 1. The van der Waals surface area contributed by atoms with E-state index in [-0.39, 0.29) is 12.3 Å². The normalized spacial score (nSPS) is 16.2. The summed E-state index contributed by atoms with van der Waals surface area (Å²) in [6.07, 6.45) is 6.29. The Morgan fingerprint density at radius 1 is 1.43 bits per heavy atom. The average molecular weight is 325 g/mol. The molecule has 0 unspecified atom stereocenters. The highest BCUT2D eigenvalue weighted by Crippen LogP contribution is 2.30. The molecular weight excluding hydrogens is 306 g/mol. The molecule has 21 heavy (non-hydrogen) atoms. The third kappa shape index (κ3) is 6.32. The van der Waals surface area contributed by atoms with Gasteiger partial charge in [-0.3, -0.25) is 14.5 Å². The van der Waals surface area contributed by atoms with E-state index in [0.717, 1.165) is 19.3 Å². The number of unbranched alkanes of at least 4 members (excludes halogenated alkanes) is 3. The maximum Gasteiger partial charge on any atom is 0.303 e. The predicted molar refractivity (Wildman–Crippen MR) is 88.8 cm³/mol. The molecule has 0 aromatic heterocycles. The first kappa shape index (κ1) is 17.7. The Labute approximate surface area is 135 Å². The molecule has 1 fully saturated rings. The summed E-state index contributed by atoms with van der Waals surface area (Å²) in [5.41, 5.74) is 0. The van der Waals surface area contributed by atoms with Crippen LogP contribution in [0.4, 0.5) is 0 Å². The summed E-state index contributed by atoms with van der Waals surface area (Å²) in [7, 11) is 0. The van der Waals surface area contributed by atoms with Gasteiger partial charge in [-0.1, -0.05) is 55.6 Å². The number of thioether (sulfide) groups is 1. The number of carbonyl (C=O) groups excluding carboxylic acids is 1. The lowest BCUT2D eigenvalue weighted by Gasteiger charge is -2.12.